The van der Waals surface area contributed by atoms with Crippen LogP contribution in [-0.4, -0.2) is 14.9 Å². The molecule has 3 aromatic rings. The lowest BCUT2D eigenvalue weighted by Crippen LogP contribution is -1.94. The fourth-order valence-electron chi connectivity index (χ4n) is 2.28. The van der Waals surface area contributed by atoms with Gasteiger partial charge in [-0.2, -0.15) is 0 Å². The first-order valence-electron chi connectivity index (χ1n) is 6.61. The number of nitro benzene ring substituents is 1. The zero-order valence-corrected chi connectivity index (χ0v) is 11.5. The molecule has 3 N–H and O–H groups in total. The maximum absolute atomic E-state index is 10.7. The summed E-state index contributed by atoms with van der Waals surface area (Å²) in [5, 5.41) is 10.7. The van der Waals surface area contributed by atoms with Crippen molar-refractivity contribution < 1.29 is 4.92 Å². The summed E-state index contributed by atoms with van der Waals surface area (Å²) in [7, 11) is 0. The van der Waals surface area contributed by atoms with E-state index in [9.17, 15) is 10.1 Å². The number of fused-ring (bicyclic) bond motifs is 1. The van der Waals surface area contributed by atoms with Crippen molar-refractivity contribution in [3.63, 3.8) is 0 Å². The van der Waals surface area contributed by atoms with E-state index in [2.05, 4.69) is 16.9 Å². The Balaban J connectivity index is 2.09. The monoisotopic (exact) mass is 282 g/mol. The van der Waals surface area contributed by atoms with E-state index in [4.69, 9.17) is 5.73 Å². The molecule has 0 aliphatic heterocycles. The molecule has 0 amide bonds. The van der Waals surface area contributed by atoms with Crippen LogP contribution in [0, 0.1) is 10.1 Å². The molecule has 0 fully saturated rings. The van der Waals surface area contributed by atoms with Gasteiger partial charge >= 0.3 is 0 Å². The number of benzene rings is 2. The van der Waals surface area contributed by atoms with Gasteiger partial charge in [0.25, 0.3) is 5.69 Å². The number of nitrogens with one attached hydrogen (secondary N) is 1. The predicted octanol–water partition coefficient (Wildman–Crippen LogP) is 3.28. The molecule has 1 heterocycles. The number of imidazole rings is 1. The molecule has 0 unspecified atom stereocenters. The number of nitrogen functional groups attached to an aromatic ring is 1. The molecule has 1 aromatic heterocycles. The Hall–Kier alpha value is -2.89. The van der Waals surface area contributed by atoms with Gasteiger partial charge in [-0.25, -0.2) is 4.98 Å². The topological polar surface area (TPSA) is 97.8 Å². The number of hydrogen-bond donors (Lipinski definition) is 2. The van der Waals surface area contributed by atoms with Gasteiger partial charge in [0.15, 0.2) is 0 Å². The van der Waals surface area contributed by atoms with E-state index in [0.717, 1.165) is 17.5 Å². The highest BCUT2D eigenvalue weighted by Crippen LogP contribution is 2.29. The van der Waals surface area contributed by atoms with Crippen molar-refractivity contribution in [1.29, 1.82) is 0 Å². The van der Waals surface area contributed by atoms with Crippen molar-refractivity contribution >= 4 is 22.4 Å². The summed E-state index contributed by atoms with van der Waals surface area (Å²) in [6.45, 7) is 2.09. The van der Waals surface area contributed by atoms with Crippen molar-refractivity contribution in [3.05, 3.63) is 52.1 Å². The minimum absolute atomic E-state index is 0.0272. The number of anilines is 1. The number of nitrogens with zero attached hydrogens (tertiary/aromatic N) is 2. The molecular weight excluding hydrogens is 268 g/mol. The van der Waals surface area contributed by atoms with Gasteiger partial charge in [0.05, 0.1) is 16.0 Å². The normalized spacial score (nSPS) is 10.9. The molecule has 21 heavy (non-hydrogen) atoms. The Labute approximate surface area is 120 Å². The molecule has 0 atom stereocenters. The molecule has 0 radical (unpaired) electrons. The van der Waals surface area contributed by atoms with Crippen LogP contribution in [0.15, 0.2) is 36.4 Å². The summed E-state index contributed by atoms with van der Waals surface area (Å²) in [6.07, 6.45) is 0.948. The zero-order valence-electron chi connectivity index (χ0n) is 11.5. The lowest BCUT2D eigenvalue weighted by atomic mass is 10.1. The summed E-state index contributed by atoms with van der Waals surface area (Å²) in [4.78, 5) is 18.0. The van der Waals surface area contributed by atoms with Crippen LogP contribution in [0.2, 0.25) is 0 Å². The number of aromatic amines is 1. The highest BCUT2D eigenvalue weighted by molar-refractivity contribution is 5.83. The van der Waals surface area contributed by atoms with E-state index in [1.807, 2.05) is 18.2 Å². The third kappa shape index (κ3) is 2.31. The fraction of sp³-hybridized carbons (Fsp3) is 0.133. The van der Waals surface area contributed by atoms with Crippen molar-refractivity contribution in [2.75, 3.05) is 5.73 Å². The molecule has 0 saturated carbocycles. The lowest BCUT2D eigenvalue weighted by molar-refractivity contribution is -0.384. The summed E-state index contributed by atoms with van der Waals surface area (Å²) in [5.74, 6) is 0.616. The highest BCUT2D eigenvalue weighted by atomic mass is 16.6. The number of aryl methyl sites for hydroxylation is 1. The van der Waals surface area contributed by atoms with E-state index in [1.165, 1.54) is 17.7 Å². The second-order valence-corrected chi connectivity index (χ2v) is 4.82. The number of non-ortho nitro benzene ring substituents is 1. The van der Waals surface area contributed by atoms with Crippen LogP contribution < -0.4 is 5.73 Å². The molecule has 6 heteroatoms. The highest BCUT2D eigenvalue weighted by Gasteiger charge is 2.13. The summed E-state index contributed by atoms with van der Waals surface area (Å²) in [5.41, 5.74) is 9.87. The maximum Gasteiger partial charge on any atom is 0.271 e. The van der Waals surface area contributed by atoms with Crippen molar-refractivity contribution in [3.8, 4) is 11.4 Å². The first kappa shape index (κ1) is 13.1. The zero-order chi connectivity index (χ0) is 15.0. The van der Waals surface area contributed by atoms with Gasteiger partial charge in [-0.1, -0.05) is 13.0 Å². The van der Waals surface area contributed by atoms with Crippen LogP contribution in [0.5, 0.6) is 0 Å². The van der Waals surface area contributed by atoms with Crippen LogP contribution in [0.3, 0.4) is 0 Å². The number of aromatic nitrogens is 2. The van der Waals surface area contributed by atoms with Crippen molar-refractivity contribution in [2.24, 2.45) is 0 Å². The largest absolute Gasteiger partial charge is 0.398 e. The second kappa shape index (κ2) is 4.90. The van der Waals surface area contributed by atoms with Gasteiger partial charge in [-0.15, -0.1) is 0 Å². The van der Waals surface area contributed by atoms with Crippen LogP contribution in [0.25, 0.3) is 22.4 Å². The van der Waals surface area contributed by atoms with Crippen LogP contribution >= 0.6 is 0 Å². The summed E-state index contributed by atoms with van der Waals surface area (Å²) < 4.78 is 0. The fourth-order valence-corrected chi connectivity index (χ4v) is 2.28. The molecular formula is C15H14N4O2. The van der Waals surface area contributed by atoms with E-state index in [1.54, 1.807) is 6.07 Å². The van der Waals surface area contributed by atoms with Gasteiger partial charge in [-0.05, 0) is 30.2 Å². The molecule has 0 aliphatic rings. The van der Waals surface area contributed by atoms with Crippen LogP contribution in [0.4, 0.5) is 11.4 Å². The number of hydrogen-bond acceptors (Lipinski definition) is 4. The van der Waals surface area contributed by atoms with Gasteiger partial charge in [-0.3, -0.25) is 10.1 Å². The van der Waals surface area contributed by atoms with Gasteiger partial charge in [0.1, 0.15) is 5.82 Å². The van der Waals surface area contributed by atoms with Gasteiger partial charge in [0, 0.05) is 23.4 Å². The second-order valence-electron chi connectivity index (χ2n) is 4.82. The molecule has 0 saturated heterocycles. The van der Waals surface area contributed by atoms with E-state index in [-0.39, 0.29) is 5.69 Å². The minimum Gasteiger partial charge on any atom is -0.398 e. The van der Waals surface area contributed by atoms with E-state index in [0.29, 0.717) is 17.1 Å². The molecule has 6 nitrogen and oxygen atoms in total. The summed E-state index contributed by atoms with van der Waals surface area (Å²) in [6, 6.07) is 10.4. The third-order valence-electron chi connectivity index (χ3n) is 3.46. The molecule has 3 rings (SSSR count). The standard InChI is InChI=1S/C15H14N4O2/c1-2-9-3-6-13-14(7-9)18-15(17-13)11-5-4-10(19(20)21)8-12(11)16/h3-8H,2,16H2,1H3,(H,17,18). The molecule has 0 spiro atoms. The minimum atomic E-state index is -0.466. The Morgan fingerprint density at radius 1 is 1.29 bits per heavy atom. The van der Waals surface area contributed by atoms with Crippen LogP contribution in [-0.2, 0) is 6.42 Å². The van der Waals surface area contributed by atoms with Crippen molar-refractivity contribution in [1.82, 2.24) is 9.97 Å². The van der Waals surface area contributed by atoms with Gasteiger partial charge < -0.3 is 10.7 Å². The van der Waals surface area contributed by atoms with Crippen molar-refractivity contribution in [2.45, 2.75) is 13.3 Å². The maximum atomic E-state index is 10.7. The molecule has 106 valence electrons. The number of rotatable bonds is 3. The molecule has 2 aromatic carbocycles. The average molecular weight is 282 g/mol. The lowest BCUT2D eigenvalue weighted by Gasteiger charge is -2.01. The van der Waals surface area contributed by atoms with E-state index >= 15 is 0 Å². The predicted molar refractivity (Wildman–Crippen MR) is 82.0 cm³/mol. The quantitative estimate of drug-likeness (QED) is 0.437. The first-order valence-corrected chi connectivity index (χ1v) is 6.61. The van der Waals surface area contributed by atoms with Crippen LogP contribution in [0.1, 0.15) is 12.5 Å². The number of H-pyrrole nitrogens is 1. The third-order valence-corrected chi connectivity index (χ3v) is 3.46. The van der Waals surface area contributed by atoms with E-state index < -0.39 is 4.92 Å². The molecule has 0 aliphatic carbocycles. The van der Waals surface area contributed by atoms with Gasteiger partial charge in [0.2, 0.25) is 0 Å². The molecule has 0 bridgehead atoms. The number of nitro groups is 1. The number of nitrogens with two attached hydrogens (primary N) is 1. The average Bonchev–Trinajstić information content (AvgIpc) is 2.89. The summed E-state index contributed by atoms with van der Waals surface area (Å²) >= 11 is 0. The Bertz CT molecular complexity index is 839. The first-order chi connectivity index (χ1) is 10.1. The Morgan fingerprint density at radius 3 is 2.76 bits per heavy atom. The Kier molecular flexibility index (Phi) is 3.06. The SMILES string of the molecule is CCc1ccc2nc(-c3ccc([N+](=O)[O-])cc3N)[nH]c2c1. The smallest absolute Gasteiger partial charge is 0.271 e. The Morgan fingerprint density at radius 2 is 2.10 bits per heavy atom.